The van der Waals surface area contributed by atoms with E-state index in [9.17, 15) is 0 Å². The third-order valence-electron chi connectivity index (χ3n) is 2.77. The zero-order valence-corrected chi connectivity index (χ0v) is 9.73. The van der Waals surface area contributed by atoms with Crippen LogP contribution in [0.15, 0.2) is 23.4 Å². The van der Waals surface area contributed by atoms with Gasteiger partial charge in [-0.1, -0.05) is 17.3 Å². The van der Waals surface area contributed by atoms with Crippen molar-refractivity contribution in [3.63, 3.8) is 0 Å². The summed E-state index contributed by atoms with van der Waals surface area (Å²) in [5.74, 6) is 0.924. The SMILES string of the molecule is CC(C)Oc1cccc2c1CCCC2=NO. The lowest BCUT2D eigenvalue weighted by molar-refractivity contribution is 0.239. The average molecular weight is 219 g/mol. The standard InChI is InChI=1S/C13H17NO2/c1-9(2)16-13-8-4-5-10-11(13)6-3-7-12(10)14-15/h4-5,8-9,15H,3,6-7H2,1-2H3. The van der Waals surface area contributed by atoms with Crippen molar-refractivity contribution in [3.05, 3.63) is 29.3 Å². The van der Waals surface area contributed by atoms with Gasteiger partial charge < -0.3 is 9.94 Å². The fraction of sp³-hybridized carbons (Fsp3) is 0.462. The number of hydrogen-bond acceptors (Lipinski definition) is 3. The summed E-state index contributed by atoms with van der Waals surface area (Å²) in [6.07, 6.45) is 3.03. The van der Waals surface area contributed by atoms with Gasteiger partial charge in [0.1, 0.15) is 5.75 Å². The van der Waals surface area contributed by atoms with Crippen molar-refractivity contribution in [1.29, 1.82) is 0 Å². The van der Waals surface area contributed by atoms with E-state index in [1.165, 1.54) is 5.56 Å². The molecular weight excluding hydrogens is 202 g/mol. The normalized spacial score (nSPS) is 17.6. The Balaban J connectivity index is 2.43. The molecule has 0 saturated carbocycles. The van der Waals surface area contributed by atoms with Gasteiger partial charge in [0.25, 0.3) is 0 Å². The lowest BCUT2D eigenvalue weighted by atomic mass is 9.89. The smallest absolute Gasteiger partial charge is 0.123 e. The van der Waals surface area contributed by atoms with Crippen molar-refractivity contribution in [1.82, 2.24) is 0 Å². The molecule has 0 amide bonds. The van der Waals surface area contributed by atoms with Crippen molar-refractivity contribution in [2.24, 2.45) is 5.16 Å². The number of hydrogen-bond donors (Lipinski definition) is 1. The second-order valence-electron chi connectivity index (χ2n) is 4.35. The number of nitrogens with zero attached hydrogens (tertiary/aromatic N) is 1. The van der Waals surface area contributed by atoms with Crippen LogP contribution in [0.25, 0.3) is 0 Å². The van der Waals surface area contributed by atoms with Crippen LogP contribution in [0.1, 0.15) is 37.8 Å². The predicted molar refractivity (Wildman–Crippen MR) is 63.5 cm³/mol. The molecule has 1 aliphatic carbocycles. The Kier molecular flexibility index (Phi) is 3.13. The summed E-state index contributed by atoms with van der Waals surface area (Å²) in [7, 11) is 0. The molecule has 0 spiro atoms. The highest BCUT2D eigenvalue weighted by Crippen LogP contribution is 2.30. The molecule has 0 aliphatic heterocycles. The summed E-state index contributed by atoms with van der Waals surface area (Å²) in [6.45, 7) is 4.03. The Morgan fingerprint density at radius 3 is 2.81 bits per heavy atom. The second-order valence-corrected chi connectivity index (χ2v) is 4.35. The highest BCUT2D eigenvalue weighted by atomic mass is 16.5. The zero-order chi connectivity index (χ0) is 11.5. The van der Waals surface area contributed by atoms with Crippen molar-refractivity contribution in [2.75, 3.05) is 0 Å². The molecule has 3 nitrogen and oxygen atoms in total. The fourth-order valence-corrected chi connectivity index (χ4v) is 2.13. The van der Waals surface area contributed by atoms with E-state index in [-0.39, 0.29) is 6.10 Å². The Hall–Kier alpha value is -1.51. The molecule has 0 fully saturated rings. The minimum atomic E-state index is 0.169. The van der Waals surface area contributed by atoms with E-state index in [0.717, 1.165) is 36.3 Å². The Morgan fingerprint density at radius 2 is 2.12 bits per heavy atom. The van der Waals surface area contributed by atoms with Gasteiger partial charge in [0, 0.05) is 11.1 Å². The largest absolute Gasteiger partial charge is 0.491 e. The summed E-state index contributed by atoms with van der Waals surface area (Å²) in [6, 6.07) is 5.93. The number of oxime groups is 1. The molecular formula is C13H17NO2. The summed E-state index contributed by atoms with van der Waals surface area (Å²) in [4.78, 5) is 0. The molecule has 1 N–H and O–H groups in total. The molecule has 1 aromatic carbocycles. The minimum absolute atomic E-state index is 0.169. The molecule has 0 heterocycles. The van der Waals surface area contributed by atoms with Crippen LogP contribution >= 0.6 is 0 Å². The van der Waals surface area contributed by atoms with Crippen LogP contribution in [0.3, 0.4) is 0 Å². The summed E-state index contributed by atoms with van der Waals surface area (Å²) in [5.41, 5.74) is 2.98. The van der Waals surface area contributed by atoms with Crippen molar-refractivity contribution >= 4 is 5.71 Å². The first-order valence-corrected chi connectivity index (χ1v) is 5.72. The quantitative estimate of drug-likeness (QED) is 0.613. The summed E-state index contributed by atoms with van der Waals surface area (Å²) >= 11 is 0. The topological polar surface area (TPSA) is 41.8 Å². The predicted octanol–water partition coefficient (Wildman–Crippen LogP) is 2.99. The van der Waals surface area contributed by atoms with Gasteiger partial charge >= 0.3 is 0 Å². The molecule has 2 rings (SSSR count). The van der Waals surface area contributed by atoms with Crippen LogP contribution in [0.2, 0.25) is 0 Å². The summed E-state index contributed by atoms with van der Waals surface area (Å²) in [5, 5.41) is 12.3. The Labute approximate surface area is 95.7 Å². The van der Waals surface area contributed by atoms with Gasteiger partial charge in [0.05, 0.1) is 11.8 Å². The van der Waals surface area contributed by atoms with Crippen molar-refractivity contribution < 1.29 is 9.94 Å². The molecule has 0 unspecified atom stereocenters. The monoisotopic (exact) mass is 219 g/mol. The first-order chi connectivity index (χ1) is 7.72. The fourth-order valence-electron chi connectivity index (χ4n) is 2.13. The lowest BCUT2D eigenvalue weighted by Gasteiger charge is -2.21. The molecule has 0 atom stereocenters. The molecule has 0 radical (unpaired) electrons. The third-order valence-corrected chi connectivity index (χ3v) is 2.77. The maximum atomic E-state index is 8.96. The van der Waals surface area contributed by atoms with Gasteiger partial charge in [-0.2, -0.15) is 0 Å². The van der Waals surface area contributed by atoms with E-state index in [0.29, 0.717) is 0 Å². The average Bonchev–Trinajstić information content (AvgIpc) is 2.28. The number of ether oxygens (including phenoxy) is 1. The molecule has 86 valence electrons. The van der Waals surface area contributed by atoms with Crippen LogP contribution < -0.4 is 4.74 Å². The van der Waals surface area contributed by atoms with Gasteiger partial charge in [-0.15, -0.1) is 0 Å². The molecule has 1 aliphatic rings. The maximum absolute atomic E-state index is 8.96. The van der Waals surface area contributed by atoms with Gasteiger partial charge in [0.2, 0.25) is 0 Å². The lowest BCUT2D eigenvalue weighted by Crippen LogP contribution is -2.15. The molecule has 0 bridgehead atoms. The van der Waals surface area contributed by atoms with Crippen LogP contribution in [-0.2, 0) is 6.42 Å². The maximum Gasteiger partial charge on any atom is 0.123 e. The highest BCUT2D eigenvalue weighted by molar-refractivity contribution is 6.02. The van der Waals surface area contributed by atoms with E-state index in [4.69, 9.17) is 9.94 Å². The van der Waals surface area contributed by atoms with Crippen LogP contribution in [0, 0.1) is 0 Å². The zero-order valence-electron chi connectivity index (χ0n) is 9.73. The van der Waals surface area contributed by atoms with Crippen molar-refractivity contribution in [3.8, 4) is 5.75 Å². The van der Waals surface area contributed by atoms with E-state index in [1.807, 2.05) is 32.0 Å². The van der Waals surface area contributed by atoms with Gasteiger partial charge in [-0.3, -0.25) is 0 Å². The van der Waals surface area contributed by atoms with E-state index in [2.05, 4.69) is 5.16 Å². The Morgan fingerprint density at radius 1 is 1.31 bits per heavy atom. The second kappa shape index (κ2) is 4.56. The van der Waals surface area contributed by atoms with Gasteiger partial charge in [-0.05, 0) is 39.2 Å². The van der Waals surface area contributed by atoms with Gasteiger partial charge in [0.15, 0.2) is 0 Å². The molecule has 16 heavy (non-hydrogen) atoms. The summed E-state index contributed by atoms with van der Waals surface area (Å²) < 4.78 is 5.77. The van der Waals surface area contributed by atoms with E-state index >= 15 is 0 Å². The minimum Gasteiger partial charge on any atom is -0.491 e. The Bertz CT molecular complexity index is 410. The number of rotatable bonds is 2. The molecule has 1 aromatic rings. The first kappa shape index (κ1) is 11.0. The van der Waals surface area contributed by atoms with Crippen LogP contribution in [0.5, 0.6) is 5.75 Å². The van der Waals surface area contributed by atoms with Crippen LogP contribution in [-0.4, -0.2) is 17.0 Å². The number of benzene rings is 1. The first-order valence-electron chi connectivity index (χ1n) is 5.72. The van der Waals surface area contributed by atoms with Gasteiger partial charge in [-0.25, -0.2) is 0 Å². The third kappa shape index (κ3) is 2.03. The van der Waals surface area contributed by atoms with E-state index < -0.39 is 0 Å². The molecule has 0 aromatic heterocycles. The van der Waals surface area contributed by atoms with Crippen LogP contribution in [0.4, 0.5) is 0 Å². The number of fused-ring (bicyclic) bond motifs is 1. The van der Waals surface area contributed by atoms with Crippen molar-refractivity contribution in [2.45, 2.75) is 39.2 Å². The van der Waals surface area contributed by atoms with E-state index in [1.54, 1.807) is 0 Å². The molecule has 0 saturated heterocycles. The molecule has 3 heteroatoms. The highest BCUT2D eigenvalue weighted by Gasteiger charge is 2.19.